The van der Waals surface area contributed by atoms with Crippen molar-refractivity contribution in [2.45, 2.75) is 20.8 Å². The second-order valence-electron chi connectivity index (χ2n) is 4.99. The van der Waals surface area contributed by atoms with Crippen LogP contribution in [0.1, 0.15) is 31.1 Å². The maximum absolute atomic E-state index is 13.2. The lowest BCUT2D eigenvalue weighted by molar-refractivity contribution is -0.146. The highest BCUT2D eigenvalue weighted by atomic mass is 19.1. The van der Waals surface area contributed by atoms with Gasteiger partial charge in [-0.1, -0.05) is 13.8 Å². The highest BCUT2D eigenvalue weighted by Crippen LogP contribution is 2.20. The number of carbonyl (C=O) groups excluding carboxylic acids is 3. The lowest BCUT2D eigenvalue weighted by Gasteiger charge is -2.18. The van der Waals surface area contributed by atoms with Crippen molar-refractivity contribution >= 4 is 17.5 Å². The van der Waals surface area contributed by atoms with Gasteiger partial charge in [-0.15, -0.1) is 0 Å². The lowest BCUT2D eigenvalue weighted by Crippen LogP contribution is -2.32. The van der Waals surface area contributed by atoms with E-state index in [4.69, 9.17) is 0 Å². The Morgan fingerprint density at radius 3 is 2.05 bits per heavy atom. The van der Waals surface area contributed by atoms with E-state index in [1.54, 1.807) is 13.8 Å². The first-order valence-corrected chi connectivity index (χ1v) is 6.38. The third-order valence-electron chi connectivity index (χ3n) is 2.86. The van der Waals surface area contributed by atoms with Gasteiger partial charge < -0.3 is 4.74 Å². The molecule has 0 aliphatic rings. The third kappa shape index (κ3) is 4.73. The highest BCUT2D eigenvalue weighted by Gasteiger charge is 2.31. The van der Waals surface area contributed by atoms with Gasteiger partial charge in [0.2, 0.25) is 0 Å². The molecule has 0 saturated carbocycles. The first-order chi connectivity index (χ1) is 9.72. The number of ether oxygens (including phenoxy) is 1. The van der Waals surface area contributed by atoms with Gasteiger partial charge in [0.05, 0.1) is 5.92 Å². The van der Waals surface area contributed by atoms with Crippen LogP contribution in [0.3, 0.4) is 0 Å². The first kappa shape index (κ1) is 16.9. The molecule has 0 amide bonds. The monoisotopic (exact) mass is 298 g/mol. The average molecular weight is 298 g/mol. The number of ketones is 2. The van der Waals surface area contributed by atoms with Crippen molar-refractivity contribution in [2.75, 3.05) is 6.61 Å². The van der Waals surface area contributed by atoms with E-state index in [0.717, 1.165) is 19.1 Å². The Labute approximate surface area is 121 Å². The van der Waals surface area contributed by atoms with Gasteiger partial charge in [-0.3, -0.25) is 14.4 Å². The van der Waals surface area contributed by atoms with Gasteiger partial charge in [0.1, 0.15) is 11.6 Å². The Bertz CT molecular complexity index is 547. The molecule has 0 aliphatic carbocycles. The molecule has 0 aromatic heterocycles. The van der Waals surface area contributed by atoms with Gasteiger partial charge in [-0.05, 0) is 18.1 Å². The van der Waals surface area contributed by atoms with Gasteiger partial charge in [-0.2, -0.15) is 0 Å². The van der Waals surface area contributed by atoms with Crippen LogP contribution in [0.4, 0.5) is 8.78 Å². The topological polar surface area (TPSA) is 60.4 Å². The summed E-state index contributed by atoms with van der Waals surface area (Å²) in [5.41, 5.74) is -0.220. The van der Waals surface area contributed by atoms with Crippen LogP contribution >= 0.6 is 0 Å². The number of hydrogen-bond acceptors (Lipinski definition) is 4. The van der Waals surface area contributed by atoms with Gasteiger partial charge in [0, 0.05) is 18.6 Å². The summed E-state index contributed by atoms with van der Waals surface area (Å²) in [6.45, 7) is 3.86. The standard InChI is InChI=1S/C15H16F2O4/c1-8(2)14(13(19)7-21-9(3)18)15(20)10-4-11(16)6-12(17)5-10/h4-6,8,14H,7H2,1-3H3. The van der Waals surface area contributed by atoms with Crippen molar-refractivity contribution in [1.29, 1.82) is 0 Å². The van der Waals surface area contributed by atoms with Crippen LogP contribution in [0, 0.1) is 23.5 Å². The molecular formula is C15H16F2O4. The normalized spacial score (nSPS) is 12.1. The van der Waals surface area contributed by atoms with Crippen LogP contribution < -0.4 is 0 Å². The number of Topliss-reactive ketones (excluding diaryl/α,β-unsaturated/α-hetero) is 2. The second kappa shape index (κ2) is 7.06. The van der Waals surface area contributed by atoms with E-state index in [0.29, 0.717) is 6.07 Å². The minimum atomic E-state index is -1.12. The van der Waals surface area contributed by atoms with Gasteiger partial charge in [0.15, 0.2) is 18.2 Å². The molecule has 1 unspecified atom stereocenters. The molecule has 0 spiro atoms. The van der Waals surface area contributed by atoms with Crippen molar-refractivity contribution in [2.24, 2.45) is 11.8 Å². The summed E-state index contributed by atoms with van der Waals surface area (Å²) in [5.74, 6) is -5.25. The minimum absolute atomic E-state index is 0.220. The lowest BCUT2D eigenvalue weighted by atomic mass is 9.84. The molecule has 1 aromatic rings. The van der Waals surface area contributed by atoms with E-state index < -0.39 is 47.6 Å². The predicted octanol–water partition coefficient (Wildman–Crippen LogP) is 2.55. The number of benzene rings is 1. The molecule has 0 saturated heterocycles. The molecule has 114 valence electrons. The summed E-state index contributed by atoms with van der Waals surface area (Å²) in [6, 6.07) is 2.39. The fourth-order valence-corrected chi connectivity index (χ4v) is 1.96. The number of carbonyl (C=O) groups is 3. The molecule has 0 bridgehead atoms. The molecule has 1 rings (SSSR count). The van der Waals surface area contributed by atoms with E-state index >= 15 is 0 Å². The number of halogens is 2. The van der Waals surface area contributed by atoms with Crippen LogP contribution in [-0.2, 0) is 14.3 Å². The van der Waals surface area contributed by atoms with E-state index in [2.05, 4.69) is 4.74 Å². The Kier molecular flexibility index (Phi) is 5.69. The summed E-state index contributed by atoms with van der Waals surface area (Å²) in [5, 5.41) is 0. The van der Waals surface area contributed by atoms with Crippen molar-refractivity contribution < 1.29 is 27.9 Å². The Hall–Kier alpha value is -2.11. The smallest absolute Gasteiger partial charge is 0.303 e. The molecular weight excluding hydrogens is 282 g/mol. The molecule has 0 aliphatic heterocycles. The van der Waals surface area contributed by atoms with Crippen LogP contribution in [0.25, 0.3) is 0 Å². The molecule has 6 heteroatoms. The molecule has 1 atom stereocenters. The van der Waals surface area contributed by atoms with Crippen molar-refractivity contribution in [3.05, 3.63) is 35.4 Å². The summed E-state index contributed by atoms with van der Waals surface area (Å²) in [4.78, 5) is 35.0. The van der Waals surface area contributed by atoms with Crippen LogP contribution in [0.5, 0.6) is 0 Å². The van der Waals surface area contributed by atoms with Crippen LogP contribution in [0.2, 0.25) is 0 Å². The number of esters is 1. The fourth-order valence-electron chi connectivity index (χ4n) is 1.96. The molecule has 4 nitrogen and oxygen atoms in total. The Morgan fingerprint density at radius 1 is 1.10 bits per heavy atom. The molecule has 0 N–H and O–H groups in total. The zero-order valence-corrected chi connectivity index (χ0v) is 12.0. The molecule has 21 heavy (non-hydrogen) atoms. The SMILES string of the molecule is CC(=O)OCC(=O)C(C(=O)c1cc(F)cc(F)c1)C(C)C. The summed E-state index contributed by atoms with van der Waals surface area (Å²) < 4.78 is 30.9. The summed E-state index contributed by atoms with van der Waals surface area (Å²) >= 11 is 0. The van der Waals surface area contributed by atoms with Gasteiger partial charge >= 0.3 is 5.97 Å². The average Bonchev–Trinajstić information content (AvgIpc) is 2.34. The quantitative estimate of drug-likeness (QED) is 0.460. The van der Waals surface area contributed by atoms with Crippen molar-refractivity contribution in [3.63, 3.8) is 0 Å². The first-order valence-electron chi connectivity index (χ1n) is 6.38. The van der Waals surface area contributed by atoms with E-state index in [-0.39, 0.29) is 5.56 Å². The highest BCUT2D eigenvalue weighted by molar-refractivity contribution is 6.11. The Morgan fingerprint density at radius 2 is 1.62 bits per heavy atom. The van der Waals surface area contributed by atoms with E-state index in [1.807, 2.05) is 0 Å². The maximum Gasteiger partial charge on any atom is 0.303 e. The zero-order valence-electron chi connectivity index (χ0n) is 12.0. The summed E-state index contributed by atoms with van der Waals surface area (Å²) in [6.07, 6.45) is 0. The molecule has 0 fully saturated rings. The molecule has 1 aromatic carbocycles. The second-order valence-corrected chi connectivity index (χ2v) is 4.99. The summed E-state index contributed by atoms with van der Waals surface area (Å²) in [7, 11) is 0. The fraction of sp³-hybridized carbons (Fsp3) is 0.400. The molecule has 0 heterocycles. The van der Waals surface area contributed by atoms with Gasteiger partial charge in [-0.25, -0.2) is 8.78 Å². The largest absolute Gasteiger partial charge is 0.458 e. The van der Waals surface area contributed by atoms with Crippen molar-refractivity contribution in [3.8, 4) is 0 Å². The molecule has 0 radical (unpaired) electrons. The van der Waals surface area contributed by atoms with Crippen molar-refractivity contribution in [1.82, 2.24) is 0 Å². The number of rotatable bonds is 6. The minimum Gasteiger partial charge on any atom is -0.458 e. The Balaban J connectivity index is 3.02. The third-order valence-corrected chi connectivity index (χ3v) is 2.86. The van der Waals surface area contributed by atoms with E-state index in [9.17, 15) is 23.2 Å². The van der Waals surface area contributed by atoms with Crippen LogP contribution in [0.15, 0.2) is 18.2 Å². The predicted molar refractivity (Wildman–Crippen MR) is 70.7 cm³/mol. The maximum atomic E-state index is 13.2. The van der Waals surface area contributed by atoms with E-state index in [1.165, 1.54) is 0 Å². The van der Waals surface area contributed by atoms with Gasteiger partial charge in [0.25, 0.3) is 0 Å². The van der Waals surface area contributed by atoms with Crippen LogP contribution in [-0.4, -0.2) is 24.1 Å². The number of hydrogen-bond donors (Lipinski definition) is 0. The zero-order chi connectivity index (χ0) is 16.2.